The van der Waals surface area contributed by atoms with Crippen molar-refractivity contribution in [1.82, 2.24) is 0 Å². The van der Waals surface area contributed by atoms with Crippen molar-refractivity contribution in [2.75, 3.05) is 0 Å². The molecule has 0 fully saturated rings. The van der Waals surface area contributed by atoms with Gasteiger partial charge in [-0.25, -0.2) is 0 Å². The summed E-state index contributed by atoms with van der Waals surface area (Å²) in [6.07, 6.45) is 1.97. The highest BCUT2D eigenvalue weighted by molar-refractivity contribution is 5.70. The van der Waals surface area contributed by atoms with Gasteiger partial charge in [-0.2, -0.15) is 0 Å². The van der Waals surface area contributed by atoms with Crippen molar-refractivity contribution >= 4 is 0 Å². The summed E-state index contributed by atoms with van der Waals surface area (Å²) in [4.78, 5) is 0. The van der Waals surface area contributed by atoms with E-state index in [9.17, 15) is 10.2 Å². The van der Waals surface area contributed by atoms with Crippen molar-refractivity contribution < 1.29 is 10.2 Å². The van der Waals surface area contributed by atoms with Gasteiger partial charge in [0.1, 0.15) is 0 Å². The number of phenolic OH excluding ortho intramolecular Hbond substituents is 2. The van der Waals surface area contributed by atoms with Gasteiger partial charge in [0.05, 0.1) is 0 Å². The lowest BCUT2D eigenvalue weighted by Gasteiger charge is -2.11. The fourth-order valence-electron chi connectivity index (χ4n) is 2.13. The minimum Gasteiger partial charge on any atom is -0.504 e. The van der Waals surface area contributed by atoms with E-state index in [4.69, 9.17) is 0 Å². The predicted octanol–water partition coefficient (Wildman–Crippen LogP) is 3.89. The molecule has 2 heteroatoms. The Morgan fingerprint density at radius 1 is 0.833 bits per heavy atom. The maximum Gasteiger partial charge on any atom is 0.158 e. The summed E-state index contributed by atoms with van der Waals surface area (Å²) in [5, 5.41) is 18.9. The van der Waals surface area contributed by atoms with Crippen molar-refractivity contribution in [2.24, 2.45) is 0 Å². The van der Waals surface area contributed by atoms with Crippen LogP contribution >= 0.6 is 0 Å². The average Bonchev–Trinajstić information content (AvgIpc) is 2.41. The van der Waals surface area contributed by atoms with Gasteiger partial charge >= 0.3 is 0 Å². The van der Waals surface area contributed by atoms with E-state index in [-0.39, 0.29) is 11.5 Å². The van der Waals surface area contributed by atoms with Gasteiger partial charge in [-0.1, -0.05) is 38.1 Å². The molecule has 2 nitrogen and oxygen atoms in total. The molecule has 94 valence electrons. The minimum absolute atomic E-state index is 0.0749. The summed E-state index contributed by atoms with van der Waals surface area (Å²) in [7, 11) is 0. The summed E-state index contributed by atoms with van der Waals surface area (Å²) in [6, 6.07) is 11.4. The van der Waals surface area contributed by atoms with Crippen molar-refractivity contribution in [3.63, 3.8) is 0 Å². The molecule has 2 aromatic carbocycles. The number of hydrogen-bond acceptors (Lipinski definition) is 2. The Morgan fingerprint density at radius 3 is 2.22 bits per heavy atom. The Morgan fingerprint density at radius 2 is 1.61 bits per heavy atom. The van der Waals surface area contributed by atoms with Gasteiger partial charge in [-0.3, -0.25) is 0 Å². The maximum absolute atomic E-state index is 9.58. The molecule has 0 atom stereocenters. The highest BCUT2D eigenvalue weighted by Gasteiger charge is 2.07. The molecule has 18 heavy (non-hydrogen) atoms. The third kappa shape index (κ3) is 2.33. The third-order valence-electron chi connectivity index (χ3n) is 3.25. The standard InChI is InChI=1S/C16H18O2/c1-3-11-5-7-14(12(4-2)9-11)13-6-8-15(17)16(18)10-13/h5-10,17-18H,3-4H2,1-2H3. The van der Waals surface area contributed by atoms with E-state index in [1.54, 1.807) is 6.07 Å². The molecule has 0 unspecified atom stereocenters. The average molecular weight is 242 g/mol. The molecule has 2 rings (SSSR count). The SMILES string of the molecule is CCc1ccc(-c2ccc(O)c(O)c2)c(CC)c1. The molecule has 0 aromatic heterocycles. The van der Waals surface area contributed by atoms with Gasteiger partial charge in [0.15, 0.2) is 11.5 Å². The van der Waals surface area contributed by atoms with E-state index in [0.29, 0.717) is 0 Å². The number of benzene rings is 2. The number of rotatable bonds is 3. The molecule has 0 radical (unpaired) electrons. The lowest BCUT2D eigenvalue weighted by molar-refractivity contribution is 0.404. The van der Waals surface area contributed by atoms with Gasteiger partial charge in [-0.15, -0.1) is 0 Å². The van der Waals surface area contributed by atoms with Crippen LogP contribution in [0.4, 0.5) is 0 Å². The lowest BCUT2D eigenvalue weighted by atomic mass is 9.95. The summed E-state index contributed by atoms with van der Waals surface area (Å²) >= 11 is 0. The molecule has 0 amide bonds. The van der Waals surface area contributed by atoms with E-state index >= 15 is 0 Å². The summed E-state index contributed by atoms with van der Waals surface area (Å²) in [5.74, 6) is -0.156. The highest BCUT2D eigenvalue weighted by Crippen LogP contribution is 2.32. The molecule has 0 aliphatic rings. The topological polar surface area (TPSA) is 40.5 Å². The van der Waals surface area contributed by atoms with Gasteiger partial charge in [0, 0.05) is 0 Å². The van der Waals surface area contributed by atoms with Gasteiger partial charge in [0.25, 0.3) is 0 Å². The zero-order chi connectivity index (χ0) is 13.1. The number of hydrogen-bond donors (Lipinski definition) is 2. The van der Waals surface area contributed by atoms with Crippen molar-refractivity contribution in [1.29, 1.82) is 0 Å². The van der Waals surface area contributed by atoms with E-state index in [2.05, 4.69) is 32.0 Å². The van der Waals surface area contributed by atoms with Crippen molar-refractivity contribution in [3.8, 4) is 22.6 Å². The number of aryl methyl sites for hydroxylation is 2. The Hall–Kier alpha value is -1.96. The van der Waals surface area contributed by atoms with Gasteiger partial charge < -0.3 is 10.2 Å². The quantitative estimate of drug-likeness (QED) is 0.802. The fourth-order valence-corrected chi connectivity index (χ4v) is 2.13. The second kappa shape index (κ2) is 5.13. The first-order valence-electron chi connectivity index (χ1n) is 6.29. The number of aromatic hydroxyl groups is 2. The molecular formula is C16H18O2. The Kier molecular flexibility index (Phi) is 3.56. The van der Waals surface area contributed by atoms with Crippen LogP contribution in [0.3, 0.4) is 0 Å². The molecule has 2 N–H and O–H groups in total. The highest BCUT2D eigenvalue weighted by atomic mass is 16.3. The van der Waals surface area contributed by atoms with Gasteiger partial charge in [0.2, 0.25) is 0 Å². The molecular weight excluding hydrogens is 224 g/mol. The second-order valence-electron chi connectivity index (χ2n) is 4.40. The van der Waals surface area contributed by atoms with E-state index < -0.39 is 0 Å². The molecule has 0 bridgehead atoms. The molecule has 0 saturated heterocycles. The minimum atomic E-state index is -0.0815. The van der Waals surface area contributed by atoms with Gasteiger partial charge in [-0.05, 0) is 47.2 Å². The van der Waals surface area contributed by atoms with Crippen LogP contribution in [0.1, 0.15) is 25.0 Å². The van der Waals surface area contributed by atoms with Crippen molar-refractivity contribution in [2.45, 2.75) is 26.7 Å². The van der Waals surface area contributed by atoms with Crippen LogP contribution in [0.2, 0.25) is 0 Å². The monoisotopic (exact) mass is 242 g/mol. The molecule has 0 aliphatic carbocycles. The van der Waals surface area contributed by atoms with Crippen molar-refractivity contribution in [3.05, 3.63) is 47.5 Å². The zero-order valence-corrected chi connectivity index (χ0v) is 10.8. The Labute approximate surface area is 108 Å². The summed E-state index contributed by atoms with van der Waals surface area (Å²) < 4.78 is 0. The molecule has 0 saturated carbocycles. The normalized spacial score (nSPS) is 10.6. The second-order valence-corrected chi connectivity index (χ2v) is 4.40. The Balaban J connectivity index is 2.52. The van der Waals surface area contributed by atoms with Crippen LogP contribution in [0.25, 0.3) is 11.1 Å². The smallest absolute Gasteiger partial charge is 0.158 e. The largest absolute Gasteiger partial charge is 0.504 e. The first-order chi connectivity index (χ1) is 8.65. The van der Waals surface area contributed by atoms with Crippen LogP contribution in [0.15, 0.2) is 36.4 Å². The third-order valence-corrected chi connectivity index (χ3v) is 3.25. The first kappa shape index (κ1) is 12.5. The number of phenols is 2. The van der Waals surface area contributed by atoms with E-state index in [0.717, 1.165) is 24.0 Å². The lowest BCUT2D eigenvalue weighted by Crippen LogP contribution is -1.91. The van der Waals surface area contributed by atoms with Crippen LogP contribution in [-0.2, 0) is 12.8 Å². The van der Waals surface area contributed by atoms with Crippen LogP contribution in [0, 0.1) is 0 Å². The Bertz CT molecular complexity index is 559. The van der Waals surface area contributed by atoms with Crippen LogP contribution in [0.5, 0.6) is 11.5 Å². The van der Waals surface area contributed by atoms with Crippen LogP contribution < -0.4 is 0 Å². The fraction of sp³-hybridized carbons (Fsp3) is 0.250. The zero-order valence-electron chi connectivity index (χ0n) is 10.8. The molecule has 2 aromatic rings. The molecule has 0 spiro atoms. The van der Waals surface area contributed by atoms with Crippen LogP contribution in [-0.4, -0.2) is 10.2 Å². The predicted molar refractivity (Wildman–Crippen MR) is 74.0 cm³/mol. The molecule has 0 aliphatic heterocycles. The maximum atomic E-state index is 9.58. The summed E-state index contributed by atoms with van der Waals surface area (Å²) in [6.45, 7) is 4.26. The molecule has 0 heterocycles. The first-order valence-corrected chi connectivity index (χ1v) is 6.29. The van der Waals surface area contributed by atoms with E-state index in [1.165, 1.54) is 17.2 Å². The summed E-state index contributed by atoms with van der Waals surface area (Å²) in [5.41, 5.74) is 4.63. The van der Waals surface area contributed by atoms with E-state index in [1.807, 2.05) is 6.07 Å².